The number of halogens is 1. The maximum absolute atomic E-state index is 6.03. The minimum absolute atomic E-state index is 0.628. The van der Waals surface area contributed by atoms with Crippen LogP contribution in [0.3, 0.4) is 0 Å². The van der Waals surface area contributed by atoms with Crippen LogP contribution in [-0.2, 0) is 11.0 Å². The molecule has 0 N–H and O–H groups in total. The van der Waals surface area contributed by atoms with Gasteiger partial charge >= 0.3 is 0 Å². The van der Waals surface area contributed by atoms with E-state index in [0.717, 1.165) is 0 Å². The number of aryl methyl sites for hydroxylation is 1. The Labute approximate surface area is 85.5 Å². The Balaban J connectivity index is 2.51. The summed E-state index contributed by atoms with van der Waals surface area (Å²) in [4.78, 5) is 0. The van der Waals surface area contributed by atoms with Crippen LogP contribution in [0.25, 0.3) is 0 Å². The molecule has 13 heavy (non-hydrogen) atoms. The second-order valence-electron chi connectivity index (χ2n) is 3.64. The van der Waals surface area contributed by atoms with Gasteiger partial charge in [0.1, 0.15) is 0 Å². The molecule has 0 fully saturated rings. The zero-order chi connectivity index (χ0) is 9.90. The minimum Gasteiger partial charge on any atom is -0.399 e. The molecule has 0 heterocycles. The summed E-state index contributed by atoms with van der Waals surface area (Å²) < 4.78 is 5.56. The topological polar surface area (TPSA) is 9.23 Å². The van der Waals surface area contributed by atoms with Crippen molar-refractivity contribution in [2.45, 2.75) is 26.6 Å². The Kier molecular flexibility index (Phi) is 3.53. The molecular weight excluding hydrogens is 200 g/mol. The van der Waals surface area contributed by atoms with Crippen LogP contribution in [-0.4, -0.2) is 7.63 Å². The molecule has 0 saturated carbocycles. The summed E-state index contributed by atoms with van der Waals surface area (Å²) in [6.07, 6.45) is 0. The second kappa shape index (κ2) is 4.27. The fraction of sp³-hybridized carbons (Fsp3) is 0.400. The van der Waals surface area contributed by atoms with Crippen molar-refractivity contribution >= 4 is 18.7 Å². The van der Waals surface area contributed by atoms with E-state index < -0.39 is 7.63 Å². The van der Waals surface area contributed by atoms with Gasteiger partial charge < -0.3 is 4.43 Å². The average molecular weight is 215 g/mol. The lowest BCUT2D eigenvalue weighted by atomic mass is 10.2. The van der Waals surface area contributed by atoms with Gasteiger partial charge in [-0.1, -0.05) is 29.8 Å². The highest BCUT2D eigenvalue weighted by Gasteiger charge is 2.17. The first-order chi connectivity index (χ1) is 5.97. The molecule has 0 aliphatic heterocycles. The Hall–Kier alpha value is -0.313. The Morgan fingerprint density at radius 2 is 1.77 bits per heavy atom. The van der Waals surface area contributed by atoms with Crippen molar-refractivity contribution in [2.75, 3.05) is 0 Å². The van der Waals surface area contributed by atoms with Gasteiger partial charge in [-0.3, -0.25) is 0 Å². The first-order valence-corrected chi connectivity index (χ1v) is 8.28. The molecule has 0 aromatic heterocycles. The Morgan fingerprint density at radius 1 is 1.23 bits per heavy atom. The molecule has 0 amide bonds. The monoisotopic (exact) mass is 214 g/mol. The molecule has 0 bridgehead atoms. The molecule has 0 spiro atoms. The highest BCUT2D eigenvalue weighted by Crippen LogP contribution is 2.13. The largest absolute Gasteiger partial charge is 0.399 e. The SMILES string of the molecule is Cc1ccc(CO[Si](C)(C)Cl)cc1. The molecule has 1 aromatic carbocycles. The van der Waals surface area contributed by atoms with Crippen molar-refractivity contribution in [1.82, 2.24) is 0 Å². The standard InChI is InChI=1S/C10H15ClOSi/c1-9-4-6-10(7-5-9)8-12-13(2,3)11/h4-7H,8H2,1-3H3. The van der Waals surface area contributed by atoms with Crippen LogP contribution < -0.4 is 0 Å². The zero-order valence-corrected chi connectivity index (χ0v) is 10.1. The average Bonchev–Trinajstić information content (AvgIpc) is 2.02. The van der Waals surface area contributed by atoms with Crippen molar-refractivity contribution in [3.63, 3.8) is 0 Å². The quantitative estimate of drug-likeness (QED) is 0.553. The highest BCUT2D eigenvalue weighted by atomic mass is 35.6. The lowest BCUT2D eigenvalue weighted by molar-refractivity contribution is 0.308. The Bertz CT molecular complexity index is 263. The predicted octanol–water partition coefficient (Wildman–Crippen LogP) is 3.45. The molecular formula is C10H15ClOSi. The number of rotatable bonds is 3. The van der Waals surface area contributed by atoms with Crippen LogP contribution in [0.15, 0.2) is 24.3 Å². The third-order valence-corrected chi connectivity index (χ3v) is 2.86. The van der Waals surface area contributed by atoms with Crippen LogP contribution in [0, 0.1) is 6.92 Å². The molecule has 0 unspecified atom stereocenters. The van der Waals surface area contributed by atoms with Gasteiger partial charge in [0.05, 0.1) is 6.61 Å². The summed E-state index contributed by atoms with van der Waals surface area (Å²) >= 11 is 6.03. The molecule has 1 aromatic rings. The fourth-order valence-electron chi connectivity index (χ4n) is 0.939. The molecule has 1 nitrogen and oxygen atoms in total. The van der Waals surface area contributed by atoms with Crippen LogP contribution in [0.5, 0.6) is 0 Å². The van der Waals surface area contributed by atoms with Gasteiger partial charge in [-0.15, -0.1) is 11.1 Å². The molecule has 0 saturated heterocycles. The summed E-state index contributed by atoms with van der Waals surface area (Å²) in [5.74, 6) is 0. The van der Waals surface area contributed by atoms with Crippen molar-refractivity contribution in [2.24, 2.45) is 0 Å². The molecule has 0 aliphatic carbocycles. The summed E-state index contributed by atoms with van der Waals surface area (Å²) in [5.41, 5.74) is 2.46. The number of hydrogen-bond donors (Lipinski definition) is 0. The van der Waals surface area contributed by atoms with Crippen LogP contribution in [0.4, 0.5) is 0 Å². The summed E-state index contributed by atoms with van der Waals surface area (Å²) in [6.45, 7) is 6.65. The van der Waals surface area contributed by atoms with Gasteiger partial charge in [-0.25, -0.2) is 0 Å². The van der Waals surface area contributed by atoms with E-state index in [-0.39, 0.29) is 0 Å². The van der Waals surface area contributed by atoms with Crippen LogP contribution in [0.1, 0.15) is 11.1 Å². The first-order valence-electron chi connectivity index (χ1n) is 4.36. The van der Waals surface area contributed by atoms with E-state index in [9.17, 15) is 0 Å². The maximum Gasteiger partial charge on any atom is 0.284 e. The number of benzene rings is 1. The lowest BCUT2D eigenvalue weighted by Crippen LogP contribution is -2.21. The van der Waals surface area contributed by atoms with Gasteiger partial charge in [-0.2, -0.15) is 0 Å². The lowest BCUT2D eigenvalue weighted by Gasteiger charge is -2.14. The van der Waals surface area contributed by atoms with Crippen molar-refractivity contribution in [3.8, 4) is 0 Å². The van der Waals surface area contributed by atoms with Gasteiger partial charge in [-0.05, 0) is 25.6 Å². The predicted molar refractivity (Wildman–Crippen MR) is 59.3 cm³/mol. The van der Waals surface area contributed by atoms with Crippen molar-refractivity contribution in [1.29, 1.82) is 0 Å². The fourth-order valence-corrected chi connectivity index (χ4v) is 1.61. The van der Waals surface area contributed by atoms with Crippen LogP contribution >= 0.6 is 11.1 Å². The van der Waals surface area contributed by atoms with E-state index >= 15 is 0 Å². The number of hydrogen-bond acceptors (Lipinski definition) is 1. The highest BCUT2D eigenvalue weighted by molar-refractivity contribution is 7.15. The van der Waals surface area contributed by atoms with Crippen molar-refractivity contribution in [3.05, 3.63) is 35.4 Å². The van der Waals surface area contributed by atoms with E-state index in [4.69, 9.17) is 15.5 Å². The second-order valence-corrected chi connectivity index (χ2v) is 9.38. The van der Waals surface area contributed by atoms with E-state index in [1.165, 1.54) is 11.1 Å². The van der Waals surface area contributed by atoms with Gasteiger partial charge in [0.2, 0.25) is 0 Å². The zero-order valence-electron chi connectivity index (χ0n) is 8.30. The minimum atomic E-state index is -1.88. The molecule has 0 aliphatic rings. The Morgan fingerprint density at radius 3 is 2.23 bits per heavy atom. The van der Waals surface area contributed by atoms with Gasteiger partial charge in [0.25, 0.3) is 7.63 Å². The van der Waals surface area contributed by atoms with Crippen molar-refractivity contribution < 1.29 is 4.43 Å². The molecule has 0 radical (unpaired) electrons. The third kappa shape index (κ3) is 4.46. The van der Waals surface area contributed by atoms with Gasteiger partial charge in [0, 0.05) is 0 Å². The molecule has 0 atom stereocenters. The summed E-state index contributed by atoms with van der Waals surface area (Å²) in [5, 5.41) is 0. The molecule has 1 rings (SSSR count). The molecule has 72 valence electrons. The third-order valence-electron chi connectivity index (χ3n) is 1.70. The van der Waals surface area contributed by atoms with E-state index in [0.29, 0.717) is 6.61 Å². The smallest absolute Gasteiger partial charge is 0.284 e. The maximum atomic E-state index is 6.03. The van der Waals surface area contributed by atoms with E-state index in [2.05, 4.69) is 31.2 Å². The summed E-state index contributed by atoms with van der Waals surface area (Å²) in [7, 11) is -1.88. The van der Waals surface area contributed by atoms with E-state index in [1.807, 2.05) is 13.1 Å². The van der Waals surface area contributed by atoms with E-state index in [1.54, 1.807) is 0 Å². The van der Waals surface area contributed by atoms with Gasteiger partial charge in [0.15, 0.2) is 0 Å². The normalized spacial score (nSPS) is 11.7. The molecule has 3 heteroatoms. The summed E-state index contributed by atoms with van der Waals surface area (Å²) in [6, 6.07) is 8.32. The van der Waals surface area contributed by atoms with Crippen LogP contribution in [0.2, 0.25) is 13.1 Å². The first kappa shape index (κ1) is 10.8.